The lowest BCUT2D eigenvalue weighted by Gasteiger charge is -2.34. The number of pyridine rings is 2. The van der Waals surface area contributed by atoms with E-state index >= 15 is 0 Å². The van der Waals surface area contributed by atoms with Gasteiger partial charge in [0.05, 0.1) is 19.4 Å². The Hall–Kier alpha value is -2.40. The average Bonchev–Trinajstić information content (AvgIpc) is 3.18. The largest absolute Gasteiger partial charge is 0.379 e. The van der Waals surface area contributed by atoms with E-state index in [9.17, 15) is 8.42 Å². The van der Waals surface area contributed by atoms with Crippen LogP contribution < -0.4 is 0 Å². The highest BCUT2D eigenvalue weighted by Crippen LogP contribution is 2.27. The minimum Gasteiger partial charge on any atom is -0.379 e. The van der Waals surface area contributed by atoms with Crippen molar-refractivity contribution in [2.75, 3.05) is 32.8 Å². The molecule has 0 spiro atoms. The average molecular weight is 414 g/mol. The quantitative estimate of drug-likeness (QED) is 0.634. The van der Waals surface area contributed by atoms with Crippen LogP contribution in [0.25, 0.3) is 22.2 Å². The topological polar surface area (TPSA) is 93.5 Å². The third-order valence-electron chi connectivity index (χ3n) is 5.44. The third kappa shape index (κ3) is 3.42. The molecule has 152 valence electrons. The van der Waals surface area contributed by atoms with E-state index in [0.29, 0.717) is 51.5 Å². The Morgan fingerprint density at radius 2 is 1.86 bits per heavy atom. The number of morpholine rings is 1. The number of aryl methyl sites for hydroxylation is 1. The first-order valence-corrected chi connectivity index (χ1v) is 11.0. The van der Waals surface area contributed by atoms with E-state index in [4.69, 9.17) is 9.72 Å². The van der Waals surface area contributed by atoms with Gasteiger partial charge in [0.15, 0.2) is 5.65 Å². The van der Waals surface area contributed by atoms with Gasteiger partial charge in [0.25, 0.3) is 10.2 Å². The van der Waals surface area contributed by atoms with Crippen LogP contribution in [-0.4, -0.2) is 69.6 Å². The minimum atomic E-state index is -3.50. The fourth-order valence-electron chi connectivity index (χ4n) is 3.86. The second kappa shape index (κ2) is 7.13. The molecule has 5 heterocycles. The zero-order valence-corrected chi connectivity index (χ0v) is 17.0. The highest BCUT2D eigenvalue weighted by Gasteiger charge is 2.33. The molecule has 2 aliphatic heterocycles. The van der Waals surface area contributed by atoms with Crippen LogP contribution in [0.5, 0.6) is 0 Å². The fourth-order valence-corrected chi connectivity index (χ4v) is 5.42. The predicted molar refractivity (Wildman–Crippen MR) is 107 cm³/mol. The Morgan fingerprint density at radius 3 is 2.62 bits per heavy atom. The van der Waals surface area contributed by atoms with E-state index in [0.717, 1.165) is 27.8 Å². The summed E-state index contributed by atoms with van der Waals surface area (Å²) in [6.07, 6.45) is 6.12. The van der Waals surface area contributed by atoms with Gasteiger partial charge in [0, 0.05) is 74.2 Å². The summed E-state index contributed by atoms with van der Waals surface area (Å²) >= 11 is 0. The molecule has 1 fully saturated rings. The number of hydrogen-bond donors (Lipinski definition) is 0. The maximum atomic E-state index is 13.0. The van der Waals surface area contributed by atoms with Gasteiger partial charge in [-0.1, -0.05) is 0 Å². The van der Waals surface area contributed by atoms with E-state index in [2.05, 4.69) is 10.1 Å². The van der Waals surface area contributed by atoms with Gasteiger partial charge in [-0.25, -0.2) is 9.97 Å². The summed E-state index contributed by atoms with van der Waals surface area (Å²) in [7, 11) is -1.62. The van der Waals surface area contributed by atoms with Crippen molar-refractivity contribution in [2.24, 2.45) is 7.05 Å². The summed E-state index contributed by atoms with van der Waals surface area (Å²) < 4.78 is 36.1. The molecule has 9 nitrogen and oxygen atoms in total. The molecule has 29 heavy (non-hydrogen) atoms. The summed E-state index contributed by atoms with van der Waals surface area (Å²) in [5.74, 6) is 0. The van der Waals surface area contributed by atoms with E-state index in [1.807, 2.05) is 25.4 Å². The van der Waals surface area contributed by atoms with Crippen molar-refractivity contribution < 1.29 is 13.2 Å². The van der Waals surface area contributed by atoms with Crippen molar-refractivity contribution in [3.05, 3.63) is 42.0 Å². The van der Waals surface area contributed by atoms with E-state index in [1.54, 1.807) is 21.4 Å². The second-order valence-electron chi connectivity index (χ2n) is 7.37. The minimum absolute atomic E-state index is 0.328. The van der Waals surface area contributed by atoms with Crippen LogP contribution in [0.3, 0.4) is 0 Å². The molecule has 1 saturated heterocycles. The van der Waals surface area contributed by atoms with Crippen LogP contribution in [-0.2, 0) is 35.0 Å². The van der Waals surface area contributed by atoms with Crippen molar-refractivity contribution in [2.45, 2.75) is 13.0 Å². The molecule has 0 radical (unpaired) electrons. The number of ether oxygens (including phenoxy) is 1. The van der Waals surface area contributed by atoms with Gasteiger partial charge in [-0.15, -0.1) is 0 Å². The Kier molecular flexibility index (Phi) is 4.58. The number of rotatable bonds is 3. The van der Waals surface area contributed by atoms with Crippen LogP contribution in [0, 0.1) is 0 Å². The molecule has 3 aromatic rings. The first kappa shape index (κ1) is 18.6. The van der Waals surface area contributed by atoms with Gasteiger partial charge in [-0.2, -0.15) is 22.1 Å². The number of hydrogen-bond acceptors (Lipinski definition) is 6. The molecular weight excluding hydrogens is 392 g/mol. The Labute approximate surface area is 169 Å². The van der Waals surface area contributed by atoms with Crippen molar-refractivity contribution in [3.63, 3.8) is 0 Å². The fraction of sp³-hybridized carbons (Fsp3) is 0.421. The lowest BCUT2D eigenvalue weighted by Crippen LogP contribution is -2.49. The maximum Gasteiger partial charge on any atom is 0.282 e. The van der Waals surface area contributed by atoms with Crippen molar-refractivity contribution in [3.8, 4) is 11.1 Å². The molecule has 0 atom stereocenters. The van der Waals surface area contributed by atoms with Gasteiger partial charge in [-0.05, 0) is 17.7 Å². The van der Waals surface area contributed by atoms with Crippen LogP contribution in [0.1, 0.15) is 11.3 Å². The number of aromatic nitrogens is 4. The molecule has 0 saturated carbocycles. The van der Waals surface area contributed by atoms with Gasteiger partial charge in [-0.3, -0.25) is 4.68 Å². The first-order chi connectivity index (χ1) is 14.0. The van der Waals surface area contributed by atoms with E-state index in [1.165, 1.54) is 4.31 Å². The molecule has 3 aromatic heterocycles. The second-order valence-corrected chi connectivity index (χ2v) is 9.30. The van der Waals surface area contributed by atoms with Gasteiger partial charge < -0.3 is 4.74 Å². The highest BCUT2D eigenvalue weighted by atomic mass is 32.2. The molecule has 10 heteroatoms. The number of fused-ring (bicyclic) bond motifs is 2. The smallest absolute Gasteiger partial charge is 0.282 e. The van der Waals surface area contributed by atoms with Gasteiger partial charge in [0.2, 0.25) is 0 Å². The lowest BCUT2D eigenvalue weighted by atomic mass is 10.0. The van der Waals surface area contributed by atoms with Crippen LogP contribution in [0.2, 0.25) is 0 Å². The summed E-state index contributed by atoms with van der Waals surface area (Å²) in [6.45, 7) is 2.45. The van der Waals surface area contributed by atoms with Crippen molar-refractivity contribution in [1.29, 1.82) is 0 Å². The van der Waals surface area contributed by atoms with Crippen molar-refractivity contribution >= 4 is 21.2 Å². The standard InChI is InChI=1S/C19H22N6O3S/c1-23-12-17(11-21-23)15-8-14-9-16-13-25(3-2-18(16)22-19(14)20-10-15)29(26,27)24-4-6-28-7-5-24/h8-12H,2-7,13H2,1H3. The lowest BCUT2D eigenvalue weighted by molar-refractivity contribution is 0.0698. The summed E-state index contributed by atoms with van der Waals surface area (Å²) in [4.78, 5) is 9.21. The molecule has 5 rings (SSSR count). The molecule has 0 aromatic carbocycles. The van der Waals surface area contributed by atoms with E-state index in [-0.39, 0.29) is 0 Å². The number of nitrogens with zero attached hydrogens (tertiary/aromatic N) is 6. The highest BCUT2D eigenvalue weighted by molar-refractivity contribution is 7.86. The molecule has 0 amide bonds. The van der Waals surface area contributed by atoms with E-state index < -0.39 is 10.2 Å². The monoisotopic (exact) mass is 414 g/mol. The van der Waals surface area contributed by atoms with Crippen LogP contribution in [0.15, 0.2) is 30.7 Å². The van der Waals surface area contributed by atoms with Gasteiger partial charge >= 0.3 is 0 Å². The molecule has 0 N–H and O–H groups in total. The molecule has 0 bridgehead atoms. The Morgan fingerprint density at radius 1 is 1.03 bits per heavy atom. The summed E-state index contributed by atoms with van der Waals surface area (Å²) in [6, 6.07) is 4.05. The summed E-state index contributed by atoms with van der Waals surface area (Å²) in [5, 5.41) is 5.11. The zero-order chi connectivity index (χ0) is 20.0. The normalized spacial score (nSPS) is 18.8. The van der Waals surface area contributed by atoms with Crippen LogP contribution in [0.4, 0.5) is 0 Å². The van der Waals surface area contributed by atoms with Crippen LogP contribution >= 0.6 is 0 Å². The summed E-state index contributed by atoms with van der Waals surface area (Å²) in [5.41, 5.74) is 4.48. The molecule has 0 aliphatic carbocycles. The van der Waals surface area contributed by atoms with Gasteiger partial charge in [0.1, 0.15) is 0 Å². The zero-order valence-electron chi connectivity index (χ0n) is 16.2. The Bertz CT molecular complexity index is 1170. The predicted octanol–water partition coefficient (Wildman–Crippen LogP) is 0.965. The van der Waals surface area contributed by atoms with Crippen molar-refractivity contribution in [1.82, 2.24) is 28.4 Å². The molecule has 0 unspecified atom stereocenters. The molecular formula is C19H22N6O3S. The Balaban J connectivity index is 1.47. The molecule has 2 aliphatic rings. The SMILES string of the molecule is Cn1cc(-c2cnc3nc4c(cc3c2)CN(S(=O)(=O)N2CCOCC2)CC4)cn1. The third-order valence-corrected chi connectivity index (χ3v) is 7.42. The first-order valence-electron chi connectivity index (χ1n) is 9.61. The maximum absolute atomic E-state index is 13.0.